The SMILES string of the molecule is O=C(O)Cn1cc(CNC(=O)NC2(C(F)(F)F)CC2)nn1. The predicted octanol–water partition coefficient (Wildman–Crippen LogP) is 0.257. The van der Waals surface area contributed by atoms with Gasteiger partial charge < -0.3 is 15.7 Å². The van der Waals surface area contributed by atoms with Crippen molar-refractivity contribution in [2.24, 2.45) is 0 Å². The standard InChI is InChI=1S/C10H12F3N5O3/c11-10(12,13)9(1-2-9)15-8(21)14-3-6-4-18(17-16-6)5-7(19)20/h4H,1-3,5H2,(H,19,20)(H2,14,15,21). The van der Waals surface area contributed by atoms with E-state index in [9.17, 15) is 22.8 Å². The van der Waals surface area contributed by atoms with E-state index in [4.69, 9.17) is 5.11 Å². The molecule has 1 aliphatic carbocycles. The first-order chi connectivity index (χ1) is 9.72. The Morgan fingerprint density at radius 1 is 1.43 bits per heavy atom. The third kappa shape index (κ3) is 3.61. The van der Waals surface area contributed by atoms with Gasteiger partial charge in [-0.3, -0.25) is 4.79 Å². The number of amides is 2. The van der Waals surface area contributed by atoms with Crippen LogP contribution in [0, 0.1) is 0 Å². The molecule has 2 amide bonds. The molecule has 0 unspecified atom stereocenters. The fourth-order valence-corrected chi connectivity index (χ4v) is 1.67. The minimum absolute atomic E-state index is 0.140. The number of carboxylic acid groups (broad SMARTS) is 1. The Hall–Kier alpha value is -2.33. The first-order valence-corrected chi connectivity index (χ1v) is 5.95. The molecule has 0 aliphatic heterocycles. The molecule has 8 nitrogen and oxygen atoms in total. The molecule has 1 aromatic heterocycles. The van der Waals surface area contributed by atoms with Crippen molar-refractivity contribution in [1.29, 1.82) is 0 Å². The van der Waals surface area contributed by atoms with Crippen molar-refractivity contribution in [1.82, 2.24) is 25.6 Å². The highest BCUT2D eigenvalue weighted by atomic mass is 19.4. The van der Waals surface area contributed by atoms with Gasteiger partial charge in [0.15, 0.2) is 0 Å². The van der Waals surface area contributed by atoms with Gasteiger partial charge in [-0.05, 0) is 12.8 Å². The van der Waals surface area contributed by atoms with Gasteiger partial charge in [0.05, 0.1) is 12.7 Å². The van der Waals surface area contributed by atoms with Crippen molar-refractivity contribution in [3.8, 4) is 0 Å². The van der Waals surface area contributed by atoms with Crippen LogP contribution in [0.3, 0.4) is 0 Å². The number of halogens is 3. The number of alkyl halides is 3. The summed E-state index contributed by atoms with van der Waals surface area (Å²) >= 11 is 0. The highest BCUT2D eigenvalue weighted by molar-refractivity contribution is 5.75. The van der Waals surface area contributed by atoms with E-state index in [2.05, 4.69) is 15.6 Å². The highest BCUT2D eigenvalue weighted by Gasteiger charge is 2.64. The van der Waals surface area contributed by atoms with E-state index in [1.165, 1.54) is 6.20 Å². The zero-order chi connectivity index (χ0) is 15.7. The third-order valence-electron chi connectivity index (χ3n) is 2.96. The molecule has 1 heterocycles. The van der Waals surface area contributed by atoms with Crippen LogP contribution in [0.5, 0.6) is 0 Å². The number of aromatic nitrogens is 3. The zero-order valence-corrected chi connectivity index (χ0v) is 10.6. The van der Waals surface area contributed by atoms with Gasteiger partial charge >= 0.3 is 18.2 Å². The van der Waals surface area contributed by atoms with Crippen molar-refractivity contribution < 1.29 is 27.9 Å². The Bertz CT molecular complexity index is 552. The zero-order valence-electron chi connectivity index (χ0n) is 10.6. The summed E-state index contributed by atoms with van der Waals surface area (Å²) in [6.45, 7) is -0.546. The maximum absolute atomic E-state index is 12.6. The summed E-state index contributed by atoms with van der Waals surface area (Å²) in [5, 5.41) is 19.7. The summed E-state index contributed by atoms with van der Waals surface area (Å²) in [4.78, 5) is 21.9. The molecule has 1 saturated carbocycles. The van der Waals surface area contributed by atoms with Crippen LogP contribution in [-0.2, 0) is 17.9 Å². The summed E-state index contributed by atoms with van der Waals surface area (Å²) in [6, 6.07) is -0.961. The van der Waals surface area contributed by atoms with Crippen LogP contribution in [0.15, 0.2) is 6.20 Å². The number of nitrogens with zero attached hydrogens (tertiary/aromatic N) is 3. The Morgan fingerprint density at radius 2 is 2.10 bits per heavy atom. The minimum Gasteiger partial charge on any atom is -0.480 e. The van der Waals surface area contributed by atoms with Crippen molar-refractivity contribution in [2.75, 3.05) is 0 Å². The topological polar surface area (TPSA) is 109 Å². The maximum Gasteiger partial charge on any atom is 0.411 e. The lowest BCUT2D eigenvalue weighted by molar-refractivity contribution is -0.162. The molecule has 0 spiro atoms. The second-order valence-electron chi connectivity index (χ2n) is 4.69. The molecule has 0 bridgehead atoms. The van der Waals surface area contributed by atoms with E-state index in [-0.39, 0.29) is 25.1 Å². The molecular weight excluding hydrogens is 295 g/mol. The van der Waals surface area contributed by atoms with Gasteiger partial charge in [-0.15, -0.1) is 5.10 Å². The monoisotopic (exact) mass is 307 g/mol. The molecule has 1 aliphatic rings. The normalized spacial score (nSPS) is 16.3. The number of nitrogens with one attached hydrogen (secondary N) is 2. The Balaban J connectivity index is 1.82. The first kappa shape index (κ1) is 15.1. The second-order valence-corrected chi connectivity index (χ2v) is 4.69. The van der Waals surface area contributed by atoms with Crippen LogP contribution in [-0.4, -0.2) is 43.8 Å². The van der Waals surface area contributed by atoms with Crippen LogP contribution in [0.4, 0.5) is 18.0 Å². The lowest BCUT2D eigenvalue weighted by Crippen LogP contribution is -2.51. The summed E-state index contributed by atoms with van der Waals surface area (Å²) < 4.78 is 38.9. The molecule has 0 aromatic carbocycles. The third-order valence-corrected chi connectivity index (χ3v) is 2.96. The number of carbonyl (C=O) groups is 2. The lowest BCUT2D eigenvalue weighted by Gasteiger charge is -2.20. The molecule has 11 heteroatoms. The smallest absolute Gasteiger partial charge is 0.411 e. The number of hydrogen-bond acceptors (Lipinski definition) is 4. The molecule has 2 rings (SSSR count). The van der Waals surface area contributed by atoms with Crippen LogP contribution < -0.4 is 10.6 Å². The molecule has 0 saturated heterocycles. The summed E-state index contributed by atoms with van der Waals surface area (Å²) in [6.07, 6.45) is -3.47. The van der Waals surface area contributed by atoms with Crippen LogP contribution in [0.2, 0.25) is 0 Å². The van der Waals surface area contributed by atoms with Gasteiger partial charge in [-0.1, -0.05) is 5.21 Å². The van der Waals surface area contributed by atoms with Crippen molar-refractivity contribution in [2.45, 2.75) is 37.6 Å². The molecule has 21 heavy (non-hydrogen) atoms. The molecule has 0 radical (unpaired) electrons. The summed E-state index contributed by atoms with van der Waals surface area (Å²) in [5.74, 6) is -1.11. The van der Waals surface area contributed by atoms with Crippen molar-refractivity contribution >= 4 is 12.0 Å². The largest absolute Gasteiger partial charge is 0.480 e. The van der Waals surface area contributed by atoms with Crippen molar-refractivity contribution in [3.63, 3.8) is 0 Å². The molecule has 0 atom stereocenters. The van der Waals surface area contributed by atoms with Crippen LogP contribution >= 0.6 is 0 Å². The Kier molecular flexibility index (Phi) is 3.75. The highest BCUT2D eigenvalue weighted by Crippen LogP contribution is 2.48. The number of carboxylic acids is 1. The van der Waals surface area contributed by atoms with E-state index < -0.39 is 30.3 Å². The average molecular weight is 307 g/mol. The van der Waals surface area contributed by atoms with Crippen LogP contribution in [0.1, 0.15) is 18.5 Å². The number of hydrogen-bond donors (Lipinski definition) is 3. The maximum atomic E-state index is 12.6. The molecule has 1 aromatic rings. The van der Waals surface area contributed by atoms with E-state index in [1.807, 2.05) is 5.32 Å². The quantitative estimate of drug-likeness (QED) is 0.723. The number of urea groups is 1. The van der Waals surface area contributed by atoms with E-state index >= 15 is 0 Å². The Labute approximate surface area is 116 Å². The van der Waals surface area contributed by atoms with Gasteiger partial charge in [0.2, 0.25) is 0 Å². The van der Waals surface area contributed by atoms with Crippen molar-refractivity contribution in [3.05, 3.63) is 11.9 Å². The Morgan fingerprint density at radius 3 is 2.62 bits per heavy atom. The number of aliphatic carboxylic acids is 1. The number of carbonyl (C=O) groups excluding carboxylic acids is 1. The molecule has 3 N–H and O–H groups in total. The fraction of sp³-hybridized carbons (Fsp3) is 0.600. The predicted molar refractivity (Wildman–Crippen MR) is 61.0 cm³/mol. The van der Waals surface area contributed by atoms with Gasteiger partial charge in [0, 0.05) is 0 Å². The van der Waals surface area contributed by atoms with Crippen LogP contribution in [0.25, 0.3) is 0 Å². The summed E-state index contributed by atoms with van der Waals surface area (Å²) in [5.41, 5.74) is -1.89. The lowest BCUT2D eigenvalue weighted by atomic mass is 10.2. The van der Waals surface area contributed by atoms with E-state index in [0.717, 1.165) is 4.68 Å². The first-order valence-electron chi connectivity index (χ1n) is 5.95. The van der Waals surface area contributed by atoms with Gasteiger partial charge in [-0.25, -0.2) is 9.48 Å². The van der Waals surface area contributed by atoms with Gasteiger partial charge in [-0.2, -0.15) is 13.2 Å². The molecule has 1 fully saturated rings. The average Bonchev–Trinajstić information content (AvgIpc) is 3.00. The second kappa shape index (κ2) is 5.22. The fourth-order valence-electron chi connectivity index (χ4n) is 1.67. The number of rotatable bonds is 5. The van der Waals surface area contributed by atoms with Gasteiger partial charge in [0.1, 0.15) is 17.8 Å². The van der Waals surface area contributed by atoms with E-state index in [1.54, 1.807) is 0 Å². The van der Waals surface area contributed by atoms with E-state index in [0.29, 0.717) is 0 Å². The summed E-state index contributed by atoms with van der Waals surface area (Å²) in [7, 11) is 0. The van der Waals surface area contributed by atoms with Gasteiger partial charge in [0.25, 0.3) is 0 Å². The molecule has 116 valence electrons. The minimum atomic E-state index is -4.48. The molecular formula is C10H12F3N5O3.